The summed E-state index contributed by atoms with van der Waals surface area (Å²) in [6, 6.07) is 18.7. The molecule has 0 radical (unpaired) electrons. The SMILES string of the molecule is CCC(C)NC(=O)CSc1nnc(CSc2ccc(C)cc2)n1-c1ccccc1. The summed E-state index contributed by atoms with van der Waals surface area (Å²) in [5.41, 5.74) is 2.25. The van der Waals surface area contributed by atoms with Gasteiger partial charge in [-0.2, -0.15) is 0 Å². The summed E-state index contributed by atoms with van der Waals surface area (Å²) in [7, 11) is 0. The van der Waals surface area contributed by atoms with E-state index in [1.54, 1.807) is 11.8 Å². The van der Waals surface area contributed by atoms with Gasteiger partial charge in [0.15, 0.2) is 5.16 Å². The maximum Gasteiger partial charge on any atom is 0.230 e. The number of aryl methyl sites for hydroxylation is 1. The number of hydrogen-bond acceptors (Lipinski definition) is 5. The molecule has 3 rings (SSSR count). The van der Waals surface area contributed by atoms with Crippen LogP contribution < -0.4 is 5.32 Å². The minimum absolute atomic E-state index is 0.0162. The molecule has 29 heavy (non-hydrogen) atoms. The Morgan fingerprint density at radius 1 is 1.07 bits per heavy atom. The molecule has 0 aliphatic heterocycles. The Hall–Kier alpha value is -2.25. The molecule has 0 bridgehead atoms. The number of rotatable bonds is 9. The van der Waals surface area contributed by atoms with E-state index in [4.69, 9.17) is 0 Å². The van der Waals surface area contributed by atoms with Crippen LogP contribution in [0.2, 0.25) is 0 Å². The quantitative estimate of drug-likeness (QED) is 0.495. The second-order valence-electron chi connectivity index (χ2n) is 6.84. The molecule has 1 atom stereocenters. The third kappa shape index (κ3) is 6.11. The Morgan fingerprint density at radius 2 is 1.79 bits per heavy atom. The Kier molecular flexibility index (Phi) is 7.77. The van der Waals surface area contributed by atoms with E-state index < -0.39 is 0 Å². The molecule has 7 heteroatoms. The number of amides is 1. The monoisotopic (exact) mass is 426 g/mol. The molecule has 0 saturated carbocycles. The average molecular weight is 427 g/mol. The van der Waals surface area contributed by atoms with Gasteiger partial charge < -0.3 is 5.32 Å². The number of benzene rings is 2. The van der Waals surface area contributed by atoms with E-state index in [9.17, 15) is 4.79 Å². The lowest BCUT2D eigenvalue weighted by Crippen LogP contribution is -2.33. The third-order valence-corrected chi connectivity index (χ3v) is 6.39. The molecule has 152 valence electrons. The van der Waals surface area contributed by atoms with E-state index in [0.29, 0.717) is 11.5 Å². The molecule has 1 heterocycles. The van der Waals surface area contributed by atoms with E-state index >= 15 is 0 Å². The minimum Gasteiger partial charge on any atom is -0.353 e. The molecule has 1 N–H and O–H groups in total. The zero-order chi connectivity index (χ0) is 20.6. The highest BCUT2D eigenvalue weighted by Crippen LogP contribution is 2.27. The largest absolute Gasteiger partial charge is 0.353 e. The summed E-state index contributed by atoms with van der Waals surface area (Å²) in [6.07, 6.45) is 0.914. The topological polar surface area (TPSA) is 59.8 Å². The summed E-state index contributed by atoms with van der Waals surface area (Å²) in [5, 5.41) is 12.5. The van der Waals surface area contributed by atoms with Crippen LogP contribution in [0.15, 0.2) is 64.6 Å². The number of hydrogen-bond donors (Lipinski definition) is 1. The number of carbonyl (C=O) groups is 1. The van der Waals surface area contributed by atoms with Crippen LogP contribution in [-0.4, -0.2) is 32.5 Å². The van der Waals surface area contributed by atoms with Crippen LogP contribution in [-0.2, 0) is 10.5 Å². The van der Waals surface area contributed by atoms with Crippen molar-refractivity contribution in [2.45, 2.75) is 49.0 Å². The van der Waals surface area contributed by atoms with Gasteiger partial charge in [-0.05, 0) is 44.5 Å². The highest BCUT2D eigenvalue weighted by Gasteiger charge is 2.16. The summed E-state index contributed by atoms with van der Waals surface area (Å²) in [5.74, 6) is 1.90. The zero-order valence-electron chi connectivity index (χ0n) is 17.0. The Bertz CT molecular complexity index is 926. The summed E-state index contributed by atoms with van der Waals surface area (Å²) >= 11 is 3.14. The lowest BCUT2D eigenvalue weighted by Gasteiger charge is -2.12. The Morgan fingerprint density at radius 3 is 2.48 bits per heavy atom. The fourth-order valence-electron chi connectivity index (χ4n) is 2.65. The normalized spacial score (nSPS) is 12.0. The molecule has 0 aliphatic rings. The number of thioether (sulfide) groups is 2. The van der Waals surface area contributed by atoms with Gasteiger partial charge in [-0.1, -0.05) is 54.6 Å². The van der Waals surface area contributed by atoms with Crippen molar-refractivity contribution in [3.05, 3.63) is 66.0 Å². The van der Waals surface area contributed by atoms with E-state index in [1.165, 1.54) is 22.2 Å². The highest BCUT2D eigenvalue weighted by molar-refractivity contribution is 7.99. The van der Waals surface area contributed by atoms with Gasteiger partial charge in [0.25, 0.3) is 0 Å². The van der Waals surface area contributed by atoms with Crippen LogP contribution in [0.5, 0.6) is 0 Å². The van der Waals surface area contributed by atoms with Gasteiger partial charge in [-0.15, -0.1) is 22.0 Å². The molecule has 1 unspecified atom stereocenters. The van der Waals surface area contributed by atoms with Crippen LogP contribution in [0.4, 0.5) is 0 Å². The van der Waals surface area contributed by atoms with Crippen molar-refractivity contribution in [3.8, 4) is 5.69 Å². The molecule has 2 aromatic carbocycles. The van der Waals surface area contributed by atoms with Crippen LogP contribution >= 0.6 is 23.5 Å². The van der Waals surface area contributed by atoms with Gasteiger partial charge in [0, 0.05) is 16.6 Å². The fourth-order valence-corrected chi connectivity index (χ4v) is 4.25. The first-order valence-corrected chi connectivity index (χ1v) is 11.6. The van der Waals surface area contributed by atoms with Crippen molar-refractivity contribution in [2.75, 3.05) is 5.75 Å². The lowest BCUT2D eigenvalue weighted by atomic mass is 10.2. The van der Waals surface area contributed by atoms with Crippen molar-refractivity contribution >= 4 is 29.4 Å². The maximum atomic E-state index is 12.2. The Balaban J connectivity index is 1.76. The molecule has 0 saturated heterocycles. The number of carbonyl (C=O) groups excluding carboxylic acids is 1. The Labute approximate surface area is 180 Å². The second kappa shape index (κ2) is 10.5. The summed E-state index contributed by atoms with van der Waals surface area (Å²) < 4.78 is 2.04. The molecule has 0 aliphatic carbocycles. The first kappa shape index (κ1) is 21.5. The fraction of sp³-hybridized carbons (Fsp3) is 0.318. The first-order valence-electron chi connectivity index (χ1n) is 9.68. The molecule has 0 spiro atoms. The summed E-state index contributed by atoms with van der Waals surface area (Å²) in [4.78, 5) is 13.4. The van der Waals surface area contributed by atoms with Crippen LogP contribution in [0.25, 0.3) is 5.69 Å². The van der Waals surface area contributed by atoms with Gasteiger partial charge in [-0.25, -0.2) is 0 Å². The van der Waals surface area contributed by atoms with Gasteiger partial charge >= 0.3 is 0 Å². The van der Waals surface area contributed by atoms with Crippen molar-refractivity contribution in [1.29, 1.82) is 0 Å². The molecule has 5 nitrogen and oxygen atoms in total. The van der Waals surface area contributed by atoms with E-state index in [2.05, 4.69) is 53.6 Å². The standard InChI is InChI=1S/C22H26N4OS2/c1-4-17(3)23-21(27)15-29-22-25-24-20(26(22)18-8-6-5-7-9-18)14-28-19-12-10-16(2)11-13-19/h5-13,17H,4,14-15H2,1-3H3,(H,23,27). The first-order chi connectivity index (χ1) is 14.1. The molecule has 3 aromatic rings. The van der Waals surface area contributed by atoms with Crippen LogP contribution in [0.3, 0.4) is 0 Å². The molecule has 1 amide bonds. The highest BCUT2D eigenvalue weighted by atomic mass is 32.2. The van der Waals surface area contributed by atoms with Crippen molar-refractivity contribution in [2.24, 2.45) is 0 Å². The van der Waals surface area contributed by atoms with Gasteiger partial charge in [-0.3, -0.25) is 9.36 Å². The zero-order valence-corrected chi connectivity index (χ0v) is 18.6. The average Bonchev–Trinajstić information content (AvgIpc) is 3.15. The number of nitrogens with one attached hydrogen (secondary N) is 1. The van der Waals surface area contributed by atoms with E-state index in [0.717, 1.165) is 23.1 Å². The number of nitrogens with zero attached hydrogens (tertiary/aromatic N) is 3. The lowest BCUT2D eigenvalue weighted by molar-refractivity contribution is -0.119. The van der Waals surface area contributed by atoms with Gasteiger partial charge in [0.1, 0.15) is 5.82 Å². The van der Waals surface area contributed by atoms with Crippen molar-refractivity contribution < 1.29 is 4.79 Å². The predicted molar refractivity (Wildman–Crippen MR) is 121 cm³/mol. The summed E-state index contributed by atoms with van der Waals surface area (Å²) in [6.45, 7) is 6.15. The predicted octanol–water partition coefficient (Wildman–Crippen LogP) is 4.87. The van der Waals surface area contributed by atoms with Crippen molar-refractivity contribution in [3.63, 3.8) is 0 Å². The van der Waals surface area contributed by atoms with E-state index in [1.807, 2.05) is 41.8 Å². The molecular weight excluding hydrogens is 400 g/mol. The smallest absolute Gasteiger partial charge is 0.230 e. The molecule has 0 fully saturated rings. The third-order valence-electron chi connectivity index (χ3n) is 4.46. The van der Waals surface area contributed by atoms with Gasteiger partial charge in [0.05, 0.1) is 11.5 Å². The van der Waals surface area contributed by atoms with Crippen molar-refractivity contribution in [1.82, 2.24) is 20.1 Å². The minimum atomic E-state index is 0.0162. The second-order valence-corrected chi connectivity index (χ2v) is 8.83. The molecular formula is C22H26N4OS2. The molecule has 1 aromatic heterocycles. The maximum absolute atomic E-state index is 12.2. The van der Waals surface area contributed by atoms with Crippen LogP contribution in [0.1, 0.15) is 31.7 Å². The van der Waals surface area contributed by atoms with Gasteiger partial charge in [0.2, 0.25) is 5.91 Å². The van der Waals surface area contributed by atoms with E-state index in [-0.39, 0.29) is 11.9 Å². The van der Waals surface area contributed by atoms with Crippen LogP contribution in [0, 0.1) is 6.92 Å². The number of aromatic nitrogens is 3. The number of para-hydroxylation sites is 1.